The van der Waals surface area contributed by atoms with Crippen molar-refractivity contribution in [1.82, 2.24) is 5.32 Å². The van der Waals surface area contributed by atoms with Crippen LogP contribution in [0.2, 0.25) is 0 Å². The van der Waals surface area contributed by atoms with Gasteiger partial charge in [0.2, 0.25) is 0 Å². The van der Waals surface area contributed by atoms with Crippen molar-refractivity contribution in [2.24, 2.45) is 11.8 Å². The molecule has 100 valence electrons. The topological polar surface area (TPSA) is 30.5 Å². The quantitative estimate of drug-likeness (QED) is 0.723. The summed E-state index contributed by atoms with van der Waals surface area (Å²) in [5.41, 5.74) is 0. The Morgan fingerprint density at radius 3 is 3.00 bits per heavy atom. The van der Waals surface area contributed by atoms with Gasteiger partial charge in [-0.2, -0.15) is 0 Å². The molecule has 1 heterocycles. The fourth-order valence-electron chi connectivity index (χ4n) is 2.88. The molecule has 2 aliphatic rings. The van der Waals surface area contributed by atoms with E-state index in [1.54, 1.807) is 0 Å². The molecule has 0 aromatic carbocycles. The predicted octanol–water partition coefficient (Wildman–Crippen LogP) is 2.21. The van der Waals surface area contributed by atoms with Gasteiger partial charge in [0.15, 0.2) is 0 Å². The van der Waals surface area contributed by atoms with Gasteiger partial charge in [-0.3, -0.25) is 0 Å². The van der Waals surface area contributed by atoms with E-state index in [9.17, 15) is 0 Å². The van der Waals surface area contributed by atoms with Crippen molar-refractivity contribution in [1.29, 1.82) is 0 Å². The van der Waals surface area contributed by atoms with Crippen molar-refractivity contribution in [2.75, 3.05) is 32.9 Å². The molecular formula is C14H27NO2. The van der Waals surface area contributed by atoms with E-state index in [0.29, 0.717) is 6.10 Å². The lowest BCUT2D eigenvalue weighted by Crippen LogP contribution is -2.29. The third-order valence-corrected chi connectivity index (χ3v) is 3.98. The van der Waals surface area contributed by atoms with Crippen LogP contribution in [0.5, 0.6) is 0 Å². The summed E-state index contributed by atoms with van der Waals surface area (Å²) in [6, 6.07) is 0. The van der Waals surface area contributed by atoms with Gasteiger partial charge in [-0.05, 0) is 31.1 Å². The lowest BCUT2D eigenvalue weighted by atomic mass is 9.89. The Kier molecular flexibility index (Phi) is 5.75. The molecule has 2 rings (SSSR count). The van der Waals surface area contributed by atoms with E-state index in [1.165, 1.54) is 32.1 Å². The molecule has 0 spiro atoms. The molecule has 3 heteroatoms. The molecule has 0 bridgehead atoms. The Morgan fingerprint density at radius 1 is 1.29 bits per heavy atom. The highest BCUT2D eigenvalue weighted by molar-refractivity contribution is 4.71. The second-order valence-corrected chi connectivity index (χ2v) is 5.70. The Bertz CT molecular complexity index is 204. The lowest BCUT2D eigenvalue weighted by Gasteiger charge is -2.26. The Hall–Kier alpha value is -0.120. The molecule has 3 nitrogen and oxygen atoms in total. The molecule has 3 atom stereocenters. The zero-order valence-electron chi connectivity index (χ0n) is 11.1. The molecule has 1 saturated carbocycles. The van der Waals surface area contributed by atoms with Crippen molar-refractivity contribution >= 4 is 0 Å². The number of ether oxygens (including phenoxy) is 2. The predicted molar refractivity (Wildman–Crippen MR) is 69.2 cm³/mol. The first-order chi connectivity index (χ1) is 8.34. The minimum absolute atomic E-state index is 0.523. The highest BCUT2D eigenvalue weighted by Crippen LogP contribution is 2.25. The maximum Gasteiger partial charge on any atom is 0.0594 e. The molecule has 0 aromatic heterocycles. The second-order valence-electron chi connectivity index (χ2n) is 5.70. The third-order valence-electron chi connectivity index (χ3n) is 3.98. The molecule has 1 N–H and O–H groups in total. The highest BCUT2D eigenvalue weighted by Gasteiger charge is 2.19. The van der Waals surface area contributed by atoms with E-state index < -0.39 is 0 Å². The van der Waals surface area contributed by atoms with Crippen LogP contribution in [-0.2, 0) is 9.47 Å². The van der Waals surface area contributed by atoms with Gasteiger partial charge in [-0.25, -0.2) is 0 Å². The molecule has 1 aliphatic carbocycles. The summed E-state index contributed by atoms with van der Waals surface area (Å²) in [5, 5.41) is 3.47. The fraction of sp³-hybridized carbons (Fsp3) is 1.00. The van der Waals surface area contributed by atoms with E-state index in [4.69, 9.17) is 9.47 Å². The van der Waals surface area contributed by atoms with Crippen LogP contribution in [0, 0.1) is 11.8 Å². The van der Waals surface area contributed by atoms with Crippen molar-refractivity contribution in [3.8, 4) is 0 Å². The summed E-state index contributed by atoms with van der Waals surface area (Å²) < 4.78 is 11.3. The number of rotatable bonds is 6. The second kappa shape index (κ2) is 7.34. The monoisotopic (exact) mass is 241 g/mol. The summed E-state index contributed by atoms with van der Waals surface area (Å²) in [6.07, 6.45) is 7.00. The normalized spacial score (nSPS) is 34.1. The van der Waals surface area contributed by atoms with Gasteiger partial charge in [0, 0.05) is 19.7 Å². The van der Waals surface area contributed by atoms with Crippen molar-refractivity contribution < 1.29 is 9.47 Å². The molecule has 17 heavy (non-hydrogen) atoms. The van der Waals surface area contributed by atoms with Crippen molar-refractivity contribution in [2.45, 2.75) is 45.1 Å². The smallest absolute Gasteiger partial charge is 0.0594 e. The summed E-state index contributed by atoms with van der Waals surface area (Å²) in [7, 11) is 0. The standard InChI is InChI=1S/C14H27NO2/c1-12-3-2-4-14(9-12)17-8-6-15-10-13-5-7-16-11-13/h12-15H,2-11H2,1H3. The number of hydrogen-bond donors (Lipinski definition) is 1. The van der Waals surface area contributed by atoms with Crippen LogP contribution in [-0.4, -0.2) is 39.0 Å². The first-order valence-corrected chi connectivity index (χ1v) is 7.24. The third kappa shape index (κ3) is 4.94. The largest absolute Gasteiger partial charge is 0.381 e. The number of hydrogen-bond acceptors (Lipinski definition) is 3. The Balaban J connectivity index is 1.45. The van der Waals surface area contributed by atoms with Gasteiger partial charge >= 0.3 is 0 Å². The van der Waals surface area contributed by atoms with Crippen LogP contribution in [0.25, 0.3) is 0 Å². The van der Waals surface area contributed by atoms with Gasteiger partial charge in [0.05, 0.1) is 19.3 Å². The van der Waals surface area contributed by atoms with Crippen LogP contribution in [0.1, 0.15) is 39.0 Å². The summed E-state index contributed by atoms with van der Waals surface area (Å²) in [6.45, 7) is 7.17. The Labute approximate surface area is 105 Å². The van der Waals surface area contributed by atoms with Crippen LogP contribution in [0.3, 0.4) is 0 Å². The van der Waals surface area contributed by atoms with E-state index in [0.717, 1.165) is 44.7 Å². The van der Waals surface area contributed by atoms with E-state index in [1.807, 2.05) is 0 Å². The van der Waals surface area contributed by atoms with E-state index in [-0.39, 0.29) is 0 Å². The minimum Gasteiger partial charge on any atom is -0.381 e. The molecule has 0 radical (unpaired) electrons. The van der Waals surface area contributed by atoms with Gasteiger partial charge in [-0.1, -0.05) is 19.8 Å². The zero-order valence-corrected chi connectivity index (χ0v) is 11.1. The molecule has 1 aliphatic heterocycles. The van der Waals surface area contributed by atoms with Crippen molar-refractivity contribution in [3.05, 3.63) is 0 Å². The van der Waals surface area contributed by atoms with Crippen LogP contribution < -0.4 is 5.32 Å². The van der Waals surface area contributed by atoms with Crippen LogP contribution in [0.4, 0.5) is 0 Å². The zero-order chi connectivity index (χ0) is 11.9. The van der Waals surface area contributed by atoms with E-state index >= 15 is 0 Å². The molecule has 0 amide bonds. The number of nitrogens with one attached hydrogen (secondary N) is 1. The first kappa shape index (κ1) is 13.3. The lowest BCUT2D eigenvalue weighted by molar-refractivity contribution is 0.0171. The molecule has 1 saturated heterocycles. The summed E-state index contributed by atoms with van der Waals surface area (Å²) >= 11 is 0. The fourth-order valence-corrected chi connectivity index (χ4v) is 2.88. The van der Waals surface area contributed by atoms with Gasteiger partial charge in [-0.15, -0.1) is 0 Å². The molecule has 0 aromatic rings. The van der Waals surface area contributed by atoms with Crippen LogP contribution >= 0.6 is 0 Å². The SMILES string of the molecule is CC1CCCC(OCCNCC2CCOC2)C1. The highest BCUT2D eigenvalue weighted by atomic mass is 16.5. The average Bonchev–Trinajstić information content (AvgIpc) is 2.82. The first-order valence-electron chi connectivity index (χ1n) is 7.24. The van der Waals surface area contributed by atoms with Crippen LogP contribution in [0.15, 0.2) is 0 Å². The van der Waals surface area contributed by atoms with Gasteiger partial charge in [0.25, 0.3) is 0 Å². The van der Waals surface area contributed by atoms with Gasteiger partial charge in [0.1, 0.15) is 0 Å². The van der Waals surface area contributed by atoms with Crippen molar-refractivity contribution in [3.63, 3.8) is 0 Å². The van der Waals surface area contributed by atoms with Gasteiger partial charge < -0.3 is 14.8 Å². The molecule has 3 unspecified atom stereocenters. The maximum atomic E-state index is 5.92. The maximum absolute atomic E-state index is 5.92. The molecular weight excluding hydrogens is 214 g/mol. The Morgan fingerprint density at radius 2 is 2.24 bits per heavy atom. The average molecular weight is 241 g/mol. The molecule has 2 fully saturated rings. The minimum atomic E-state index is 0.523. The summed E-state index contributed by atoms with van der Waals surface area (Å²) in [5.74, 6) is 1.59. The summed E-state index contributed by atoms with van der Waals surface area (Å²) in [4.78, 5) is 0. The van der Waals surface area contributed by atoms with E-state index in [2.05, 4.69) is 12.2 Å².